The van der Waals surface area contributed by atoms with Crippen LogP contribution >= 0.6 is 0 Å². The number of esters is 1. The standard InChI is InChI=1S/C20H30N4O4/c1-3-28-18(26)12-14(2)23-17(25)13-20(27)10-4-5-11-24(20)16-8-6-15(7-9-16)19(21)22/h6-9,14,27H,3-5,10-13H2,1-2H3,(H3,21,22)(H,23,25)/t14?,20-/m0/s1. The molecule has 0 spiro atoms. The Balaban J connectivity index is 2.04. The third-order valence-electron chi connectivity index (χ3n) is 4.83. The molecule has 154 valence electrons. The van der Waals surface area contributed by atoms with Crippen molar-refractivity contribution in [2.45, 2.75) is 57.7 Å². The molecule has 8 nitrogen and oxygen atoms in total. The van der Waals surface area contributed by atoms with Crippen LogP contribution in [0.2, 0.25) is 0 Å². The van der Waals surface area contributed by atoms with Crippen LogP contribution in [0.1, 0.15) is 51.5 Å². The molecule has 0 bridgehead atoms. The normalized spacial score (nSPS) is 20.3. The fourth-order valence-electron chi connectivity index (χ4n) is 3.50. The number of benzene rings is 1. The van der Waals surface area contributed by atoms with Crippen molar-refractivity contribution >= 4 is 23.4 Å². The molecule has 1 heterocycles. The van der Waals surface area contributed by atoms with E-state index in [4.69, 9.17) is 15.9 Å². The summed E-state index contributed by atoms with van der Waals surface area (Å²) in [6, 6.07) is 6.69. The number of rotatable bonds is 8. The molecule has 1 aromatic rings. The third kappa shape index (κ3) is 5.69. The van der Waals surface area contributed by atoms with Crippen molar-refractivity contribution in [3.8, 4) is 0 Å². The quantitative estimate of drug-likeness (QED) is 0.302. The van der Waals surface area contributed by atoms with Crippen molar-refractivity contribution in [2.24, 2.45) is 5.73 Å². The predicted octanol–water partition coefficient (Wildman–Crippen LogP) is 1.50. The minimum atomic E-state index is -1.30. The van der Waals surface area contributed by atoms with E-state index >= 15 is 0 Å². The maximum absolute atomic E-state index is 12.5. The van der Waals surface area contributed by atoms with Gasteiger partial charge in [-0.3, -0.25) is 15.0 Å². The van der Waals surface area contributed by atoms with Gasteiger partial charge in [0.25, 0.3) is 0 Å². The second kappa shape index (κ2) is 9.54. The van der Waals surface area contributed by atoms with E-state index in [1.165, 1.54) is 0 Å². The molecule has 0 radical (unpaired) electrons. The molecule has 1 amide bonds. The van der Waals surface area contributed by atoms with E-state index in [0.717, 1.165) is 18.5 Å². The Labute approximate surface area is 165 Å². The Morgan fingerprint density at radius 3 is 2.64 bits per heavy atom. The average molecular weight is 390 g/mol. The summed E-state index contributed by atoms with van der Waals surface area (Å²) < 4.78 is 4.89. The lowest BCUT2D eigenvalue weighted by molar-refractivity contribution is -0.143. The van der Waals surface area contributed by atoms with E-state index in [0.29, 0.717) is 25.1 Å². The number of amidine groups is 1. The highest BCUT2D eigenvalue weighted by molar-refractivity contribution is 5.95. The number of nitrogens with zero attached hydrogens (tertiary/aromatic N) is 1. The molecule has 2 atom stereocenters. The Bertz CT molecular complexity index is 707. The van der Waals surface area contributed by atoms with Crippen molar-refractivity contribution in [3.05, 3.63) is 29.8 Å². The van der Waals surface area contributed by atoms with E-state index in [-0.39, 0.29) is 36.6 Å². The Morgan fingerprint density at radius 1 is 1.36 bits per heavy atom. The number of anilines is 1. The van der Waals surface area contributed by atoms with Gasteiger partial charge in [-0.05, 0) is 57.4 Å². The van der Waals surface area contributed by atoms with Crippen LogP contribution in [-0.2, 0) is 14.3 Å². The van der Waals surface area contributed by atoms with Gasteiger partial charge in [0, 0.05) is 23.8 Å². The minimum Gasteiger partial charge on any atom is -0.466 e. The van der Waals surface area contributed by atoms with Crippen molar-refractivity contribution < 1.29 is 19.4 Å². The summed E-state index contributed by atoms with van der Waals surface area (Å²) in [4.78, 5) is 25.9. The smallest absolute Gasteiger partial charge is 0.307 e. The van der Waals surface area contributed by atoms with E-state index in [9.17, 15) is 14.7 Å². The Kier molecular flexibility index (Phi) is 7.39. The Morgan fingerprint density at radius 2 is 2.04 bits per heavy atom. The van der Waals surface area contributed by atoms with Gasteiger partial charge in [0.1, 0.15) is 11.6 Å². The highest BCUT2D eigenvalue weighted by Crippen LogP contribution is 2.33. The molecule has 1 saturated heterocycles. The molecule has 5 N–H and O–H groups in total. The fraction of sp³-hybridized carbons (Fsp3) is 0.550. The largest absolute Gasteiger partial charge is 0.466 e. The number of ether oxygens (including phenoxy) is 1. The number of amides is 1. The first-order chi connectivity index (χ1) is 13.2. The number of hydrogen-bond donors (Lipinski definition) is 4. The number of nitrogens with two attached hydrogens (primary N) is 1. The molecule has 1 unspecified atom stereocenters. The Hall–Kier alpha value is -2.61. The van der Waals surface area contributed by atoms with Gasteiger partial charge in [-0.15, -0.1) is 0 Å². The van der Waals surface area contributed by atoms with Gasteiger partial charge >= 0.3 is 5.97 Å². The highest BCUT2D eigenvalue weighted by Gasteiger charge is 2.39. The van der Waals surface area contributed by atoms with Gasteiger partial charge in [-0.2, -0.15) is 0 Å². The zero-order chi connectivity index (χ0) is 20.7. The van der Waals surface area contributed by atoms with Crippen LogP contribution in [-0.4, -0.2) is 47.7 Å². The lowest BCUT2D eigenvalue weighted by Gasteiger charge is -2.44. The van der Waals surface area contributed by atoms with Gasteiger partial charge in [0.2, 0.25) is 5.91 Å². The number of carbonyl (C=O) groups is 2. The summed E-state index contributed by atoms with van der Waals surface area (Å²) in [6.07, 6.45) is 2.21. The first-order valence-electron chi connectivity index (χ1n) is 9.64. The summed E-state index contributed by atoms with van der Waals surface area (Å²) in [5, 5.41) is 21.5. The van der Waals surface area contributed by atoms with Crippen LogP contribution in [0.15, 0.2) is 24.3 Å². The van der Waals surface area contributed by atoms with Crippen molar-refractivity contribution in [1.82, 2.24) is 5.32 Å². The molecule has 1 aliphatic rings. The van der Waals surface area contributed by atoms with Crippen molar-refractivity contribution in [1.29, 1.82) is 5.41 Å². The third-order valence-corrected chi connectivity index (χ3v) is 4.83. The fourth-order valence-corrected chi connectivity index (χ4v) is 3.50. The predicted molar refractivity (Wildman–Crippen MR) is 107 cm³/mol. The van der Waals surface area contributed by atoms with Crippen LogP contribution in [0.5, 0.6) is 0 Å². The van der Waals surface area contributed by atoms with Crippen molar-refractivity contribution in [3.63, 3.8) is 0 Å². The number of nitrogens with one attached hydrogen (secondary N) is 2. The first kappa shape index (κ1) is 21.7. The molecule has 1 aromatic carbocycles. The first-order valence-corrected chi connectivity index (χ1v) is 9.64. The lowest BCUT2D eigenvalue weighted by atomic mass is 9.93. The van der Waals surface area contributed by atoms with Gasteiger partial charge in [0.15, 0.2) is 0 Å². The summed E-state index contributed by atoms with van der Waals surface area (Å²) in [7, 11) is 0. The monoisotopic (exact) mass is 390 g/mol. The molecule has 0 aliphatic carbocycles. The second-order valence-corrected chi connectivity index (χ2v) is 7.21. The number of piperidine rings is 1. The summed E-state index contributed by atoms with van der Waals surface area (Å²) in [5.74, 6) is -0.694. The SMILES string of the molecule is CCOC(=O)CC(C)NC(=O)C[C@@]1(O)CCCCN1c1ccc(C(=N)N)cc1. The lowest BCUT2D eigenvalue weighted by Crippen LogP contribution is -2.55. The van der Waals surface area contributed by atoms with Gasteiger partial charge in [0.05, 0.1) is 19.4 Å². The molecule has 0 saturated carbocycles. The summed E-state index contributed by atoms with van der Waals surface area (Å²) in [5.41, 5.74) is 5.58. The zero-order valence-electron chi connectivity index (χ0n) is 16.5. The van der Waals surface area contributed by atoms with Crippen LogP contribution in [0.3, 0.4) is 0 Å². The van der Waals surface area contributed by atoms with Gasteiger partial charge in [-0.1, -0.05) is 0 Å². The van der Waals surface area contributed by atoms with E-state index in [1.54, 1.807) is 38.1 Å². The van der Waals surface area contributed by atoms with Gasteiger partial charge < -0.3 is 25.8 Å². The van der Waals surface area contributed by atoms with Crippen LogP contribution in [0.4, 0.5) is 5.69 Å². The van der Waals surface area contributed by atoms with Crippen molar-refractivity contribution in [2.75, 3.05) is 18.1 Å². The molecule has 28 heavy (non-hydrogen) atoms. The molecule has 1 fully saturated rings. The number of aliphatic hydroxyl groups is 1. The number of carbonyl (C=O) groups excluding carboxylic acids is 2. The second-order valence-electron chi connectivity index (χ2n) is 7.21. The maximum atomic E-state index is 12.5. The van der Waals surface area contributed by atoms with E-state index in [2.05, 4.69) is 5.32 Å². The van der Waals surface area contributed by atoms with Crippen LogP contribution in [0, 0.1) is 5.41 Å². The summed E-state index contributed by atoms with van der Waals surface area (Å²) in [6.45, 7) is 4.40. The average Bonchev–Trinajstić information content (AvgIpc) is 2.61. The number of nitrogen functional groups attached to an aromatic ring is 1. The van der Waals surface area contributed by atoms with E-state index in [1.807, 2.05) is 4.90 Å². The molecule has 0 aromatic heterocycles. The van der Waals surface area contributed by atoms with Gasteiger partial charge in [-0.25, -0.2) is 0 Å². The molecule has 2 rings (SSSR count). The number of hydrogen-bond acceptors (Lipinski definition) is 6. The molecule has 1 aliphatic heterocycles. The minimum absolute atomic E-state index is 0.0181. The zero-order valence-corrected chi connectivity index (χ0v) is 16.5. The topological polar surface area (TPSA) is 129 Å². The maximum Gasteiger partial charge on any atom is 0.307 e. The van der Waals surface area contributed by atoms with Crippen LogP contribution < -0.4 is 16.0 Å². The molecular weight excluding hydrogens is 360 g/mol. The van der Waals surface area contributed by atoms with Crippen LogP contribution in [0.25, 0.3) is 0 Å². The van der Waals surface area contributed by atoms with E-state index < -0.39 is 5.72 Å². The summed E-state index contributed by atoms with van der Waals surface area (Å²) >= 11 is 0. The molecular formula is C20H30N4O4. The highest BCUT2D eigenvalue weighted by atomic mass is 16.5. The molecule has 8 heteroatoms.